The number of nitrogens with one attached hydrogen (secondary N) is 1. The molecule has 1 fully saturated rings. The lowest BCUT2D eigenvalue weighted by Crippen LogP contribution is -2.34. The maximum Gasteiger partial charge on any atom is 0.173 e. The van der Waals surface area contributed by atoms with Crippen LogP contribution in [0.1, 0.15) is 41.7 Å². The standard InChI is InChI=1S/C18H19N3OS/c1-13(22)14-4-6-16(7-5-14)20-18(23)21-12-2-3-17(21)15-8-10-19-11-9-15/h4-11,17H,2-3,12H2,1H3,(H,20,23). The van der Waals surface area contributed by atoms with Crippen LogP contribution in [0.5, 0.6) is 0 Å². The molecule has 1 unspecified atom stereocenters. The molecule has 1 N–H and O–H groups in total. The minimum absolute atomic E-state index is 0.0661. The van der Waals surface area contributed by atoms with Crippen molar-refractivity contribution < 1.29 is 4.79 Å². The lowest BCUT2D eigenvalue weighted by atomic mass is 10.1. The van der Waals surface area contributed by atoms with Gasteiger partial charge in [0.2, 0.25) is 0 Å². The van der Waals surface area contributed by atoms with Crippen LogP contribution in [-0.4, -0.2) is 27.3 Å². The highest BCUT2D eigenvalue weighted by atomic mass is 32.1. The lowest BCUT2D eigenvalue weighted by Gasteiger charge is -2.28. The predicted octanol–water partition coefficient (Wildman–Crippen LogP) is 3.82. The number of likely N-dealkylation sites (tertiary alicyclic amines) is 1. The van der Waals surface area contributed by atoms with E-state index >= 15 is 0 Å². The first-order chi connectivity index (χ1) is 11.1. The number of thiocarbonyl (C=S) groups is 1. The van der Waals surface area contributed by atoms with Crippen molar-refractivity contribution in [2.45, 2.75) is 25.8 Å². The number of nitrogens with zero attached hydrogens (tertiary/aromatic N) is 2. The Bertz CT molecular complexity index is 700. The first kappa shape index (κ1) is 15.6. The fourth-order valence-electron chi connectivity index (χ4n) is 2.93. The minimum atomic E-state index is 0.0661. The van der Waals surface area contributed by atoms with Crippen molar-refractivity contribution in [2.75, 3.05) is 11.9 Å². The molecular formula is C18H19N3OS. The summed E-state index contributed by atoms with van der Waals surface area (Å²) >= 11 is 5.59. The Morgan fingerprint density at radius 3 is 2.57 bits per heavy atom. The van der Waals surface area contributed by atoms with Crippen molar-refractivity contribution in [1.82, 2.24) is 9.88 Å². The monoisotopic (exact) mass is 325 g/mol. The van der Waals surface area contributed by atoms with Crippen LogP contribution in [0.3, 0.4) is 0 Å². The molecule has 0 saturated carbocycles. The van der Waals surface area contributed by atoms with Crippen LogP contribution in [-0.2, 0) is 0 Å². The number of hydrogen-bond acceptors (Lipinski definition) is 3. The van der Waals surface area contributed by atoms with Gasteiger partial charge in [-0.3, -0.25) is 9.78 Å². The fraction of sp³-hybridized carbons (Fsp3) is 0.278. The predicted molar refractivity (Wildman–Crippen MR) is 95.6 cm³/mol. The van der Waals surface area contributed by atoms with Crippen molar-refractivity contribution in [3.05, 3.63) is 59.9 Å². The van der Waals surface area contributed by atoms with Gasteiger partial charge in [-0.25, -0.2) is 0 Å². The maximum absolute atomic E-state index is 11.3. The summed E-state index contributed by atoms with van der Waals surface area (Å²) in [6, 6.07) is 11.8. The molecule has 0 spiro atoms. The minimum Gasteiger partial charge on any atom is -0.342 e. The Balaban J connectivity index is 1.71. The third-order valence-electron chi connectivity index (χ3n) is 4.15. The molecule has 2 heterocycles. The number of carbonyl (C=O) groups is 1. The highest BCUT2D eigenvalue weighted by Crippen LogP contribution is 2.32. The van der Waals surface area contributed by atoms with Crippen LogP contribution in [0.25, 0.3) is 0 Å². The van der Waals surface area contributed by atoms with E-state index in [1.165, 1.54) is 5.56 Å². The van der Waals surface area contributed by atoms with Crippen molar-refractivity contribution in [3.63, 3.8) is 0 Å². The van der Waals surface area contributed by atoms with E-state index in [0.29, 0.717) is 11.6 Å². The maximum atomic E-state index is 11.3. The van der Waals surface area contributed by atoms with E-state index in [1.54, 1.807) is 6.92 Å². The molecule has 4 nitrogen and oxygen atoms in total. The number of Topliss-reactive ketones (excluding diaryl/α,β-unsaturated/α-hetero) is 1. The van der Waals surface area contributed by atoms with E-state index in [-0.39, 0.29) is 5.78 Å². The largest absolute Gasteiger partial charge is 0.342 e. The zero-order chi connectivity index (χ0) is 16.2. The summed E-state index contributed by atoms with van der Waals surface area (Å²) in [7, 11) is 0. The summed E-state index contributed by atoms with van der Waals surface area (Å²) in [5.41, 5.74) is 2.85. The zero-order valence-corrected chi connectivity index (χ0v) is 13.8. The molecule has 0 aliphatic carbocycles. The molecule has 118 valence electrons. The van der Waals surface area contributed by atoms with Crippen LogP contribution in [0.4, 0.5) is 5.69 Å². The van der Waals surface area contributed by atoms with Crippen LogP contribution >= 0.6 is 12.2 Å². The average Bonchev–Trinajstić information content (AvgIpc) is 3.06. The third-order valence-corrected chi connectivity index (χ3v) is 4.48. The summed E-state index contributed by atoms with van der Waals surface area (Å²) in [5, 5.41) is 4.00. The molecule has 0 radical (unpaired) electrons. The molecule has 1 aromatic carbocycles. The molecule has 1 aliphatic heterocycles. The summed E-state index contributed by atoms with van der Waals surface area (Å²) < 4.78 is 0. The van der Waals surface area contributed by atoms with Crippen molar-refractivity contribution in [2.24, 2.45) is 0 Å². The first-order valence-electron chi connectivity index (χ1n) is 7.73. The molecule has 0 bridgehead atoms. The quantitative estimate of drug-likeness (QED) is 0.686. The smallest absolute Gasteiger partial charge is 0.173 e. The number of pyridine rings is 1. The topological polar surface area (TPSA) is 45.2 Å². The lowest BCUT2D eigenvalue weighted by molar-refractivity contribution is 0.101. The molecule has 5 heteroatoms. The van der Waals surface area contributed by atoms with Crippen molar-refractivity contribution in [3.8, 4) is 0 Å². The number of hydrogen-bond donors (Lipinski definition) is 1. The number of aromatic nitrogens is 1. The van der Waals surface area contributed by atoms with Crippen LogP contribution in [0, 0.1) is 0 Å². The first-order valence-corrected chi connectivity index (χ1v) is 8.14. The van der Waals surface area contributed by atoms with Gasteiger partial charge < -0.3 is 10.2 Å². The molecule has 0 amide bonds. The SMILES string of the molecule is CC(=O)c1ccc(NC(=S)N2CCCC2c2ccncc2)cc1. The van der Waals surface area contributed by atoms with E-state index in [2.05, 4.69) is 15.2 Å². The van der Waals surface area contributed by atoms with E-state index in [9.17, 15) is 4.79 Å². The van der Waals surface area contributed by atoms with E-state index in [1.807, 2.05) is 48.8 Å². The second-order valence-electron chi connectivity index (χ2n) is 5.70. The molecular weight excluding hydrogens is 306 g/mol. The number of ketones is 1. The van der Waals surface area contributed by atoms with Gasteiger partial charge in [-0.15, -0.1) is 0 Å². The summed E-state index contributed by atoms with van der Waals surface area (Å²) in [5.74, 6) is 0.0661. The van der Waals surface area contributed by atoms with Gasteiger partial charge in [0.1, 0.15) is 0 Å². The van der Waals surface area contributed by atoms with Crippen LogP contribution < -0.4 is 5.32 Å². The highest BCUT2D eigenvalue weighted by Gasteiger charge is 2.27. The molecule has 2 aromatic rings. The Morgan fingerprint density at radius 1 is 1.22 bits per heavy atom. The van der Waals surface area contributed by atoms with Gasteiger partial charge in [0.05, 0.1) is 6.04 Å². The second-order valence-corrected chi connectivity index (χ2v) is 6.08. The second kappa shape index (κ2) is 6.87. The van der Waals surface area contributed by atoms with Gasteiger partial charge in [0, 0.05) is 30.2 Å². The Hall–Kier alpha value is -2.27. The number of rotatable bonds is 3. The fourth-order valence-corrected chi connectivity index (χ4v) is 3.26. The highest BCUT2D eigenvalue weighted by molar-refractivity contribution is 7.80. The Morgan fingerprint density at radius 2 is 1.91 bits per heavy atom. The van der Waals surface area contributed by atoms with Crippen molar-refractivity contribution in [1.29, 1.82) is 0 Å². The van der Waals surface area contributed by atoms with Crippen molar-refractivity contribution >= 4 is 28.8 Å². The molecule has 1 atom stereocenters. The van der Waals surface area contributed by atoms with E-state index < -0.39 is 0 Å². The summed E-state index contributed by atoms with van der Waals surface area (Å²) in [6.45, 7) is 2.51. The molecule has 1 aromatic heterocycles. The average molecular weight is 325 g/mol. The molecule has 3 rings (SSSR count). The van der Waals surface area contributed by atoms with Gasteiger partial charge in [0.15, 0.2) is 10.9 Å². The van der Waals surface area contributed by atoms with Gasteiger partial charge >= 0.3 is 0 Å². The third kappa shape index (κ3) is 3.56. The van der Waals surface area contributed by atoms with Gasteiger partial charge in [-0.1, -0.05) is 0 Å². The number of anilines is 1. The molecule has 1 saturated heterocycles. The van der Waals surface area contributed by atoms with E-state index in [0.717, 1.165) is 30.2 Å². The Kier molecular flexibility index (Phi) is 4.67. The van der Waals surface area contributed by atoms with Gasteiger partial charge in [0.25, 0.3) is 0 Å². The zero-order valence-electron chi connectivity index (χ0n) is 13.0. The number of benzene rings is 1. The Labute approximate surface area is 141 Å². The normalized spacial score (nSPS) is 17.1. The van der Waals surface area contributed by atoms with Gasteiger partial charge in [-0.05, 0) is 73.9 Å². The molecule has 1 aliphatic rings. The summed E-state index contributed by atoms with van der Waals surface area (Å²) in [4.78, 5) is 17.6. The number of carbonyl (C=O) groups excluding carboxylic acids is 1. The van der Waals surface area contributed by atoms with Gasteiger partial charge in [-0.2, -0.15) is 0 Å². The van der Waals surface area contributed by atoms with E-state index in [4.69, 9.17) is 12.2 Å². The van der Waals surface area contributed by atoms with Crippen LogP contribution in [0.15, 0.2) is 48.8 Å². The molecule has 23 heavy (non-hydrogen) atoms. The van der Waals surface area contributed by atoms with Crippen LogP contribution in [0.2, 0.25) is 0 Å². The summed E-state index contributed by atoms with van der Waals surface area (Å²) in [6.07, 6.45) is 5.86.